The quantitative estimate of drug-likeness (QED) is 0.659. The lowest BCUT2D eigenvalue weighted by Crippen LogP contribution is -2.24. The molecule has 12 heavy (non-hydrogen) atoms. The molecule has 0 aromatic heterocycles. The van der Waals surface area contributed by atoms with Crippen LogP contribution in [0.15, 0.2) is 0 Å². The molecule has 1 heterocycles. The van der Waals surface area contributed by atoms with Gasteiger partial charge in [-0.05, 0) is 31.6 Å². The Balaban J connectivity index is 1.61. The molecule has 1 atom stereocenters. The molecule has 2 aliphatic carbocycles. The fourth-order valence-electron chi connectivity index (χ4n) is 2.51. The van der Waals surface area contributed by atoms with Crippen LogP contribution in [0.4, 0.5) is 0 Å². The third-order valence-electron chi connectivity index (χ3n) is 3.78. The van der Waals surface area contributed by atoms with Gasteiger partial charge < -0.3 is 5.11 Å². The van der Waals surface area contributed by atoms with Crippen molar-refractivity contribution >= 4 is 0 Å². The molecule has 0 bridgehead atoms. The number of likely N-dealkylation sites (tertiary alicyclic amines) is 1. The normalized spacial score (nSPS) is 39.2. The number of aliphatic hydroxyl groups is 1. The Bertz CT molecular complexity index is 196. The first-order valence-corrected chi connectivity index (χ1v) is 5.19. The summed E-state index contributed by atoms with van der Waals surface area (Å²) < 4.78 is 0. The fraction of sp³-hybridized carbons (Fsp3) is 1.00. The molecule has 3 rings (SSSR count). The zero-order chi connectivity index (χ0) is 8.18. The van der Waals surface area contributed by atoms with Crippen molar-refractivity contribution in [2.75, 3.05) is 19.6 Å². The van der Waals surface area contributed by atoms with Crippen LogP contribution in [0.2, 0.25) is 0 Å². The van der Waals surface area contributed by atoms with E-state index in [1.54, 1.807) is 0 Å². The summed E-state index contributed by atoms with van der Waals surface area (Å²) in [4.78, 5) is 2.48. The Kier molecular flexibility index (Phi) is 1.37. The Morgan fingerprint density at radius 1 is 1.33 bits per heavy atom. The first kappa shape index (κ1) is 7.34. The lowest BCUT2D eigenvalue weighted by atomic mass is 10.0. The van der Waals surface area contributed by atoms with Crippen molar-refractivity contribution in [1.29, 1.82) is 0 Å². The van der Waals surface area contributed by atoms with Gasteiger partial charge in [0.1, 0.15) is 0 Å². The van der Waals surface area contributed by atoms with Crippen LogP contribution in [0.5, 0.6) is 0 Å². The summed E-state index contributed by atoms with van der Waals surface area (Å²) in [5.74, 6) is 0.978. The Labute approximate surface area is 73.6 Å². The van der Waals surface area contributed by atoms with Gasteiger partial charge in [-0.2, -0.15) is 0 Å². The Morgan fingerprint density at radius 2 is 2.08 bits per heavy atom. The highest BCUT2D eigenvalue weighted by molar-refractivity contribution is 5.06. The molecule has 3 fully saturated rings. The average molecular weight is 167 g/mol. The maximum absolute atomic E-state index is 9.78. The van der Waals surface area contributed by atoms with Gasteiger partial charge in [0.05, 0.1) is 6.10 Å². The third-order valence-corrected chi connectivity index (χ3v) is 3.78. The molecule has 0 radical (unpaired) electrons. The minimum atomic E-state index is -0.00347. The van der Waals surface area contributed by atoms with Gasteiger partial charge in [0.2, 0.25) is 0 Å². The molecule has 0 aromatic carbocycles. The number of nitrogens with zero attached hydrogens (tertiary/aromatic N) is 1. The van der Waals surface area contributed by atoms with Crippen LogP contribution in [0.1, 0.15) is 25.7 Å². The summed E-state index contributed by atoms with van der Waals surface area (Å²) >= 11 is 0. The molecule has 0 amide bonds. The number of rotatable bonds is 2. The van der Waals surface area contributed by atoms with E-state index >= 15 is 0 Å². The highest BCUT2D eigenvalue weighted by atomic mass is 16.3. The van der Waals surface area contributed by atoms with Gasteiger partial charge in [-0.25, -0.2) is 0 Å². The molecule has 68 valence electrons. The Morgan fingerprint density at radius 3 is 2.58 bits per heavy atom. The molecule has 1 aliphatic heterocycles. The largest absolute Gasteiger partial charge is 0.391 e. The van der Waals surface area contributed by atoms with E-state index in [1.807, 2.05) is 0 Å². The van der Waals surface area contributed by atoms with Crippen molar-refractivity contribution < 1.29 is 5.11 Å². The zero-order valence-electron chi connectivity index (χ0n) is 7.50. The maximum Gasteiger partial charge on any atom is 0.0735 e. The van der Waals surface area contributed by atoms with Crippen molar-refractivity contribution in [2.45, 2.75) is 31.8 Å². The molecule has 1 unspecified atom stereocenters. The van der Waals surface area contributed by atoms with Crippen molar-refractivity contribution in [2.24, 2.45) is 11.3 Å². The van der Waals surface area contributed by atoms with Crippen molar-refractivity contribution in [3.05, 3.63) is 0 Å². The summed E-state index contributed by atoms with van der Waals surface area (Å²) in [5, 5.41) is 9.78. The number of aliphatic hydroxyl groups excluding tert-OH is 1. The van der Waals surface area contributed by atoms with Crippen molar-refractivity contribution in [3.63, 3.8) is 0 Å². The topological polar surface area (TPSA) is 23.5 Å². The van der Waals surface area contributed by atoms with E-state index in [9.17, 15) is 5.11 Å². The summed E-state index contributed by atoms with van der Waals surface area (Å²) in [7, 11) is 0. The molecule has 2 heteroatoms. The second kappa shape index (κ2) is 2.24. The minimum Gasteiger partial charge on any atom is -0.391 e. The second-order valence-electron chi connectivity index (χ2n) is 5.02. The lowest BCUT2D eigenvalue weighted by molar-refractivity contribution is 0.131. The molecule has 3 aliphatic rings. The van der Waals surface area contributed by atoms with Crippen LogP contribution >= 0.6 is 0 Å². The van der Waals surface area contributed by atoms with Crippen LogP contribution in [-0.2, 0) is 0 Å². The predicted octanol–water partition coefficient (Wildman–Crippen LogP) is 0.853. The van der Waals surface area contributed by atoms with Gasteiger partial charge in [-0.15, -0.1) is 0 Å². The van der Waals surface area contributed by atoms with Crippen molar-refractivity contribution in [3.8, 4) is 0 Å². The Hall–Kier alpha value is -0.0800. The van der Waals surface area contributed by atoms with E-state index in [1.165, 1.54) is 38.8 Å². The van der Waals surface area contributed by atoms with Crippen LogP contribution in [0.3, 0.4) is 0 Å². The summed E-state index contributed by atoms with van der Waals surface area (Å²) in [5.41, 5.74) is 0.370. The van der Waals surface area contributed by atoms with Crippen LogP contribution in [0, 0.1) is 11.3 Å². The van der Waals surface area contributed by atoms with Gasteiger partial charge in [-0.3, -0.25) is 4.90 Å². The van der Waals surface area contributed by atoms with Crippen LogP contribution in [0.25, 0.3) is 0 Å². The number of β-amino-alcohol motifs (C(OH)–C–C–N with tert-alkyl or cyclic N) is 1. The van der Waals surface area contributed by atoms with Gasteiger partial charge in [0.25, 0.3) is 0 Å². The minimum absolute atomic E-state index is 0.00347. The molecule has 2 nitrogen and oxygen atoms in total. The van der Waals surface area contributed by atoms with Crippen LogP contribution < -0.4 is 0 Å². The molecular weight excluding hydrogens is 150 g/mol. The highest BCUT2D eigenvalue weighted by Gasteiger charge is 2.54. The first-order valence-electron chi connectivity index (χ1n) is 5.19. The molecule has 1 saturated heterocycles. The number of hydrogen-bond acceptors (Lipinski definition) is 2. The average Bonchev–Trinajstić information content (AvgIpc) is 2.82. The van der Waals surface area contributed by atoms with E-state index in [0.717, 1.165) is 12.5 Å². The summed E-state index contributed by atoms with van der Waals surface area (Å²) in [6.45, 7) is 3.40. The number of hydrogen-bond donors (Lipinski definition) is 1. The van der Waals surface area contributed by atoms with E-state index in [0.29, 0.717) is 5.41 Å². The van der Waals surface area contributed by atoms with Gasteiger partial charge in [0.15, 0.2) is 0 Å². The van der Waals surface area contributed by atoms with Gasteiger partial charge in [0, 0.05) is 25.0 Å². The van der Waals surface area contributed by atoms with Crippen LogP contribution in [-0.4, -0.2) is 35.7 Å². The predicted molar refractivity (Wildman–Crippen MR) is 46.8 cm³/mol. The first-order chi connectivity index (χ1) is 5.78. The fourth-order valence-corrected chi connectivity index (χ4v) is 2.51. The van der Waals surface area contributed by atoms with E-state index < -0.39 is 0 Å². The monoisotopic (exact) mass is 167 g/mol. The molecule has 1 N–H and O–H groups in total. The maximum atomic E-state index is 9.78. The van der Waals surface area contributed by atoms with E-state index in [-0.39, 0.29) is 6.10 Å². The molecule has 2 saturated carbocycles. The summed E-state index contributed by atoms with van der Waals surface area (Å²) in [6.07, 6.45) is 5.40. The van der Waals surface area contributed by atoms with E-state index in [4.69, 9.17) is 0 Å². The molecule has 1 spiro atoms. The lowest BCUT2D eigenvalue weighted by Gasteiger charge is -2.13. The zero-order valence-corrected chi connectivity index (χ0v) is 7.50. The summed E-state index contributed by atoms with van der Waals surface area (Å²) in [6, 6.07) is 0. The molecular formula is C10H17NO. The molecule has 0 aromatic rings. The van der Waals surface area contributed by atoms with Crippen molar-refractivity contribution in [1.82, 2.24) is 4.90 Å². The second-order valence-corrected chi connectivity index (χ2v) is 5.02. The van der Waals surface area contributed by atoms with Gasteiger partial charge in [-0.1, -0.05) is 0 Å². The smallest absolute Gasteiger partial charge is 0.0735 e. The SMILES string of the molecule is OC1CN(CC2CC2)CC12CC2. The highest BCUT2D eigenvalue weighted by Crippen LogP contribution is 2.53. The van der Waals surface area contributed by atoms with Gasteiger partial charge >= 0.3 is 0 Å². The standard InChI is InChI=1S/C10H17NO/c12-9-6-11(5-8-1-2-8)7-10(9)3-4-10/h8-9,12H,1-7H2. The van der Waals surface area contributed by atoms with E-state index in [2.05, 4.69) is 4.90 Å². The third kappa shape index (κ3) is 1.09.